The molecule has 0 atom stereocenters. The van der Waals surface area contributed by atoms with Crippen molar-refractivity contribution in [2.45, 2.75) is 46.0 Å². The van der Waals surface area contributed by atoms with Crippen molar-refractivity contribution in [3.63, 3.8) is 0 Å². The van der Waals surface area contributed by atoms with Gasteiger partial charge in [0.2, 0.25) is 0 Å². The molecule has 0 unspecified atom stereocenters. The van der Waals surface area contributed by atoms with Crippen LogP contribution >= 0.6 is 0 Å². The third-order valence-corrected chi connectivity index (χ3v) is 2.69. The normalized spacial score (nSPS) is 26.0. The van der Waals surface area contributed by atoms with Crippen LogP contribution in [0.5, 0.6) is 0 Å². The topological polar surface area (TPSA) is 0 Å². The predicted octanol–water partition coefficient (Wildman–Crippen LogP) is 3.18. The fourth-order valence-corrected chi connectivity index (χ4v) is 1.65. The van der Waals surface area contributed by atoms with Crippen LogP contribution in [0.3, 0.4) is 0 Å². The highest BCUT2D eigenvalue weighted by atomic mass is 14.3. The van der Waals surface area contributed by atoms with Crippen LogP contribution in [0, 0.1) is 11.8 Å². The molecule has 1 aliphatic rings. The Morgan fingerprint density at radius 1 is 1.11 bits per heavy atom. The van der Waals surface area contributed by atoms with Gasteiger partial charge in [0.05, 0.1) is 0 Å². The second-order valence-electron chi connectivity index (χ2n) is 3.50. The second kappa shape index (κ2) is 2.72. The maximum absolute atomic E-state index is 2.38. The van der Waals surface area contributed by atoms with Crippen LogP contribution in [-0.2, 0) is 0 Å². The van der Waals surface area contributed by atoms with E-state index in [9.17, 15) is 0 Å². The van der Waals surface area contributed by atoms with Gasteiger partial charge in [-0.3, -0.25) is 0 Å². The molecule has 0 aromatic rings. The molecule has 0 spiro atoms. The predicted molar refractivity (Wildman–Crippen MR) is 41.2 cm³/mol. The molecule has 0 aliphatic heterocycles. The molecule has 0 heteroatoms. The summed E-state index contributed by atoms with van der Waals surface area (Å²) in [5, 5.41) is 0. The van der Waals surface area contributed by atoms with Gasteiger partial charge in [-0.25, -0.2) is 0 Å². The summed E-state index contributed by atoms with van der Waals surface area (Å²) >= 11 is 0. The van der Waals surface area contributed by atoms with Crippen LogP contribution in [-0.4, -0.2) is 0 Å². The Labute approximate surface area is 58.7 Å². The minimum atomic E-state index is 0.595. The minimum Gasteiger partial charge on any atom is -0.0617 e. The van der Waals surface area contributed by atoms with Gasteiger partial charge in [0.15, 0.2) is 0 Å². The molecular weight excluding hydrogens is 108 g/mol. The molecule has 0 aromatic heterocycles. The number of hydrogen-bond donors (Lipinski definition) is 0. The fourth-order valence-electron chi connectivity index (χ4n) is 1.65. The number of rotatable bonds is 1. The quantitative estimate of drug-likeness (QED) is 0.505. The lowest BCUT2D eigenvalue weighted by molar-refractivity contribution is 0.262. The molecule has 0 amide bonds. The average Bonchev–Trinajstić information content (AvgIpc) is 1.90. The highest BCUT2D eigenvalue weighted by Gasteiger charge is 2.23. The minimum absolute atomic E-state index is 0.595. The molecule has 53 valence electrons. The van der Waals surface area contributed by atoms with E-state index >= 15 is 0 Å². The summed E-state index contributed by atoms with van der Waals surface area (Å²) in [6, 6.07) is 0. The summed E-state index contributed by atoms with van der Waals surface area (Å²) in [7, 11) is 0. The molecule has 0 N–H and O–H groups in total. The van der Waals surface area contributed by atoms with Crippen LogP contribution in [0.4, 0.5) is 0 Å². The largest absolute Gasteiger partial charge is 0.0617 e. The first-order chi connectivity index (χ1) is 4.27. The average molecular weight is 125 g/mol. The lowest BCUT2D eigenvalue weighted by atomic mass is 9.74. The smallest absolute Gasteiger partial charge is 0.0297 e. The summed E-state index contributed by atoms with van der Waals surface area (Å²) < 4.78 is 0. The maximum atomic E-state index is 2.38. The van der Waals surface area contributed by atoms with Crippen LogP contribution in [0.15, 0.2) is 0 Å². The highest BCUT2D eigenvalue weighted by Crippen LogP contribution is 2.37. The van der Waals surface area contributed by atoms with Gasteiger partial charge in [-0.1, -0.05) is 33.1 Å². The first-order valence-corrected chi connectivity index (χ1v) is 4.07. The molecule has 1 radical (unpaired) electrons. The summed E-state index contributed by atoms with van der Waals surface area (Å²) in [4.78, 5) is 0. The maximum Gasteiger partial charge on any atom is -0.0297 e. The summed E-state index contributed by atoms with van der Waals surface area (Å²) in [5.41, 5.74) is 0.595. The molecule has 0 bridgehead atoms. The Bertz CT molecular complexity index is 78.0. The molecule has 0 saturated heterocycles. The van der Waals surface area contributed by atoms with Crippen molar-refractivity contribution < 1.29 is 0 Å². The molecule has 1 saturated carbocycles. The van der Waals surface area contributed by atoms with Crippen LogP contribution in [0.1, 0.15) is 46.0 Å². The van der Waals surface area contributed by atoms with E-state index < -0.39 is 0 Å². The van der Waals surface area contributed by atoms with Gasteiger partial charge in [-0.05, 0) is 24.7 Å². The zero-order chi connectivity index (χ0) is 6.74. The Morgan fingerprint density at radius 2 is 1.67 bits per heavy atom. The van der Waals surface area contributed by atoms with Crippen molar-refractivity contribution in [2.24, 2.45) is 5.41 Å². The van der Waals surface area contributed by atoms with Crippen molar-refractivity contribution >= 4 is 0 Å². The van der Waals surface area contributed by atoms with Crippen LogP contribution < -0.4 is 0 Å². The first kappa shape index (κ1) is 7.11. The van der Waals surface area contributed by atoms with Crippen molar-refractivity contribution in [3.05, 3.63) is 6.42 Å². The van der Waals surface area contributed by atoms with E-state index in [4.69, 9.17) is 0 Å². The molecule has 1 fully saturated rings. The van der Waals surface area contributed by atoms with E-state index in [0.717, 1.165) is 0 Å². The van der Waals surface area contributed by atoms with E-state index in [1.54, 1.807) is 0 Å². The van der Waals surface area contributed by atoms with E-state index in [1.807, 2.05) is 0 Å². The standard InChI is InChI=1S/C9H17/c1-3-9(2)7-5-4-6-8-9/h3H,4-8H2,1-2H3. The Morgan fingerprint density at radius 3 is 2.00 bits per heavy atom. The molecule has 0 nitrogen and oxygen atoms in total. The molecule has 9 heavy (non-hydrogen) atoms. The SMILES string of the molecule is C[CH]C1(C)CCCCC1. The molecular formula is C9H17. The Hall–Kier alpha value is 0. The van der Waals surface area contributed by atoms with E-state index in [0.29, 0.717) is 5.41 Å². The highest BCUT2D eigenvalue weighted by molar-refractivity contribution is 4.87. The summed E-state index contributed by atoms with van der Waals surface area (Å²) in [6.07, 6.45) is 9.57. The molecule has 1 rings (SSSR count). The molecule has 0 heterocycles. The first-order valence-electron chi connectivity index (χ1n) is 4.07. The van der Waals surface area contributed by atoms with Gasteiger partial charge in [-0.2, -0.15) is 0 Å². The van der Waals surface area contributed by atoms with Crippen molar-refractivity contribution in [3.8, 4) is 0 Å². The van der Waals surface area contributed by atoms with Crippen molar-refractivity contribution in [2.75, 3.05) is 0 Å². The van der Waals surface area contributed by atoms with E-state index in [2.05, 4.69) is 20.3 Å². The van der Waals surface area contributed by atoms with E-state index in [-0.39, 0.29) is 0 Å². The third kappa shape index (κ3) is 1.70. The Balaban J connectivity index is 2.37. The Kier molecular flexibility index (Phi) is 2.15. The lowest BCUT2D eigenvalue weighted by Gasteiger charge is -2.31. The summed E-state index contributed by atoms with van der Waals surface area (Å²) in [6.45, 7) is 4.58. The molecule has 0 aromatic carbocycles. The van der Waals surface area contributed by atoms with Gasteiger partial charge >= 0.3 is 0 Å². The van der Waals surface area contributed by atoms with E-state index in [1.165, 1.54) is 32.1 Å². The zero-order valence-electron chi connectivity index (χ0n) is 6.61. The fraction of sp³-hybridized carbons (Fsp3) is 0.889. The van der Waals surface area contributed by atoms with Gasteiger partial charge in [0.1, 0.15) is 0 Å². The van der Waals surface area contributed by atoms with Crippen LogP contribution in [0.2, 0.25) is 0 Å². The molecule has 1 aliphatic carbocycles. The van der Waals surface area contributed by atoms with Gasteiger partial charge < -0.3 is 0 Å². The van der Waals surface area contributed by atoms with Crippen molar-refractivity contribution in [1.82, 2.24) is 0 Å². The lowest BCUT2D eigenvalue weighted by Crippen LogP contribution is -2.18. The van der Waals surface area contributed by atoms with Crippen LogP contribution in [0.25, 0.3) is 0 Å². The second-order valence-corrected chi connectivity index (χ2v) is 3.50. The summed E-state index contributed by atoms with van der Waals surface area (Å²) in [5.74, 6) is 0. The zero-order valence-corrected chi connectivity index (χ0v) is 6.61. The van der Waals surface area contributed by atoms with Gasteiger partial charge in [0, 0.05) is 0 Å². The van der Waals surface area contributed by atoms with Gasteiger partial charge in [-0.15, -0.1) is 0 Å². The monoisotopic (exact) mass is 125 g/mol. The van der Waals surface area contributed by atoms with Gasteiger partial charge in [0.25, 0.3) is 0 Å². The van der Waals surface area contributed by atoms with Crippen molar-refractivity contribution in [1.29, 1.82) is 0 Å². The number of hydrogen-bond acceptors (Lipinski definition) is 0. The third-order valence-electron chi connectivity index (χ3n) is 2.69.